The molecule has 0 saturated carbocycles. The van der Waals surface area contributed by atoms with E-state index < -0.39 is 0 Å². The summed E-state index contributed by atoms with van der Waals surface area (Å²) in [5.41, 5.74) is 1.06. The Balaban J connectivity index is 2.00. The summed E-state index contributed by atoms with van der Waals surface area (Å²) in [6.45, 7) is 5.44. The van der Waals surface area contributed by atoms with Crippen molar-refractivity contribution in [1.29, 1.82) is 0 Å². The Morgan fingerprint density at radius 3 is 2.73 bits per heavy atom. The normalized spacial score (nSPS) is 24.3. The fourth-order valence-electron chi connectivity index (χ4n) is 2.33. The zero-order valence-electron chi connectivity index (χ0n) is 9.26. The molecule has 2 nitrogen and oxygen atoms in total. The van der Waals surface area contributed by atoms with Crippen molar-refractivity contribution >= 4 is 0 Å². The van der Waals surface area contributed by atoms with E-state index in [1.807, 2.05) is 30.3 Å². The Hall–Kier alpha value is -0.860. The van der Waals surface area contributed by atoms with Gasteiger partial charge in [-0.2, -0.15) is 0 Å². The number of nitrogens with zero attached hydrogens (tertiary/aromatic N) is 1. The zero-order chi connectivity index (χ0) is 10.7. The molecule has 1 aliphatic heterocycles. The van der Waals surface area contributed by atoms with Crippen molar-refractivity contribution in [2.24, 2.45) is 5.92 Å². The smallest absolute Gasteiger partial charge is 0.0830 e. The molecule has 2 heteroatoms. The van der Waals surface area contributed by atoms with Crippen LogP contribution in [0.1, 0.15) is 25.0 Å². The summed E-state index contributed by atoms with van der Waals surface area (Å²) in [6, 6.07) is 10.00. The zero-order valence-corrected chi connectivity index (χ0v) is 9.26. The lowest BCUT2D eigenvalue weighted by atomic mass is 9.95. The molecule has 15 heavy (non-hydrogen) atoms. The SMILES string of the molecule is CCN1CC[C@@H]([C@@H](O)c2ccccc2)C1. The molecular formula is C13H19NO. The van der Waals surface area contributed by atoms with Crippen LogP contribution < -0.4 is 0 Å². The lowest BCUT2D eigenvalue weighted by Gasteiger charge is -2.19. The topological polar surface area (TPSA) is 23.5 Å². The summed E-state index contributed by atoms with van der Waals surface area (Å²) in [5, 5.41) is 10.2. The van der Waals surface area contributed by atoms with Crippen LogP contribution in [0.15, 0.2) is 30.3 Å². The molecule has 1 aromatic carbocycles. The van der Waals surface area contributed by atoms with E-state index in [1.54, 1.807) is 0 Å². The number of rotatable bonds is 3. The molecule has 0 aromatic heterocycles. The maximum Gasteiger partial charge on any atom is 0.0830 e. The average molecular weight is 205 g/mol. The summed E-state index contributed by atoms with van der Waals surface area (Å²) in [5.74, 6) is 0.410. The van der Waals surface area contributed by atoms with E-state index in [1.165, 1.54) is 0 Å². The van der Waals surface area contributed by atoms with Gasteiger partial charge in [0.05, 0.1) is 6.10 Å². The van der Waals surface area contributed by atoms with Crippen LogP contribution in [0.3, 0.4) is 0 Å². The van der Waals surface area contributed by atoms with E-state index in [2.05, 4.69) is 11.8 Å². The van der Waals surface area contributed by atoms with Crippen molar-refractivity contribution in [3.63, 3.8) is 0 Å². The van der Waals surface area contributed by atoms with Crippen molar-refractivity contribution in [2.45, 2.75) is 19.4 Å². The van der Waals surface area contributed by atoms with Gasteiger partial charge in [0.2, 0.25) is 0 Å². The Labute approximate surface area is 91.5 Å². The van der Waals surface area contributed by atoms with Crippen LogP contribution in [0.25, 0.3) is 0 Å². The fourth-order valence-corrected chi connectivity index (χ4v) is 2.33. The summed E-state index contributed by atoms with van der Waals surface area (Å²) in [4.78, 5) is 2.40. The van der Waals surface area contributed by atoms with E-state index in [9.17, 15) is 5.11 Å². The predicted molar refractivity (Wildman–Crippen MR) is 61.6 cm³/mol. The first-order chi connectivity index (χ1) is 7.31. The van der Waals surface area contributed by atoms with E-state index in [4.69, 9.17) is 0 Å². The van der Waals surface area contributed by atoms with Crippen molar-refractivity contribution in [1.82, 2.24) is 4.90 Å². The Morgan fingerprint density at radius 2 is 2.13 bits per heavy atom. The van der Waals surface area contributed by atoms with Gasteiger partial charge in [-0.15, -0.1) is 0 Å². The van der Waals surface area contributed by atoms with Crippen molar-refractivity contribution in [3.8, 4) is 0 Å². The van der Waals surface area contributed by atoms with Gasteiger partial charge in [-0.3, -0.25) is 0 Å². The third kappa shape index (κ3) is 2.39. The maximum atomic E-state index is 10.2. The summed E-state index contributed by atoms with van der Waals surface area (Å²) < 4.78 is 0. The molecule has 2 atom stereocenters. The first-order valence-electron chi connectivity index (χ1n) is 5.76. The maximum absolute atomic E-state index is 10.2. The van der Waals surface area contributed by atoms with Crippen LogP contribution in [-0.2, 0) is 0 Å². The van der Waals surface area contributed by atoms with Gasteiger partial charge < -0.3 is 10.0 Å². The molecule has 0 unspecified atom stereocenters. The summed E-state index contributed by atoms with van der Waals surface area (Å²) in [6.07, 6.45) is 0.826. The minimum Gasteiger partial charge on any atom is -0.388 e. The van der Waals surface area contributed by atoms with Gasteiger partial charge in [-0.1, -0.05) is 37.3 Å². The van der Waals surface area contributed by atoms with Crippen molar-refractivity contribution in [3.05, 3.63) is 35.9 Å². The van der Waals surface area contributed by atoms with Crippen LogP contribution in [0, 0.1) is 5.92 Å². The highest BCUT2D eigenvalue weighted by atomic mass is 16.3. The van der Waals surface area contributed by atoms with Gasteiger partial charge in [-0.25, -0.2) is 0 Å². The van der Waals surface area contributed by atoms with E-state index >= 15 is 0 Å². The monoisotopic (exact) mass is 205 g/mol. The Morgan fingerprint density at radius 1 is 1.40 bits per heavy atom. The van der Waals surface area contributed by atoms with Crippen molar-refractivity contribution < 1.29 is 5.11 Å². The highest BCUT2D eigenvalue weighted by molar-refractivity contribution is 5.18. The quantitative estimate of drug-likeness (QED) is 0.816. The van der Waals surface area contributed by atoms with Crippen LogP contribution >= 0.6 is 0 Å². The largest absolute Gasteiger partial charge is 0.388 e. The standard InChI is InChI=1S/C13H19NO/c1-2-14-9-8-12(10-14)13(15)11-6-4-3-5-7-11/h3-7,12-13,15H,2,8-10H2,1H3/t12-,13+/m1/s1. The molecule has 1 aromatic rings. The highest BCUT2D eigenvalue weighted by Gasteiger charge is 2.28. The van der Waals surface area contributed by atoms with Gasteiger partial charge >= 0.3 is 0 Å². The van der Waals surface area contributed by atoms with Gasteiger partial charge in [-0.05, 0) is 25.1 Å². The molecule has 1 aliphatic rings. The fraction of sp³-hybridized carbons (Fsp3) is 0.538. The lowest BCUT2D eigenvalue weighted by molar-refractivity contribution is 0.111. The molecule has 1 saturated heterocycles. The molecule has 2 rings (SSSR count). The molecule has 1 fully saturated rings. The Kier molecular flexibility index (Phi) is 3.39. The number of hydrogen-bond acceptors (Lipinski definition) is 2. The molecule has 0 spiro atoms. The first-order valence-corrected chi connectivity index (χ1v) is 5.76. The number of aliphatic hydroxyl groups is 1. The number of hydrogen-bond donors (Lipinski definition) is 1. The summed E-state index contributed by atoms with van der Waals surface area (Å²) >= 11 is 0. The van der Waals surface area contributed by atoms with Gasteiger partial charge in [0, 0.05) is 12.5 Å². The predicted octanol–water partition coefficient (Wildman–Crippen LogP) is 2.06. The molecule has 0 radical (unpaired) electrons. The average Bonchev–Trinajstić information content (AvgIpc) is 2.78. The second-order valence-corrected chi connectivity index (χ2v) is 4.30. The van der Waals surface area contributed by atoms with Gasteiger partial charge in [0.25, 0.3) is 0 Å². The third-order valence-electron chi connectivity index (χ3n) is 3.34. The third-order valence-corrected chi connectivity index (χ3v) is 3.34. The second-order valence-electron chi connectivity index (χ2n) is 4.30. The molecule has 1 N–H and O–H groups in total. The van der Waals surface area contributed by atoms with Gasteiger partial charge in [0.1, 0.15) is 0 Å². The Bertz CT molecular complexity index is 299. The molecule has 0 bridgehead atoms. The molecule has 0 amide bonds. The minimum atomic E-state index is -0.289. The number of aliphatic hydroxyl groups excluding tert-OH is 1. The molecule has 82 valence electrons. The lowest BCUT2D eigenvalue weighted by Crippen LogP contribution is -2.22. The molecule has 1 heterocycles. The second kappa shape index (κ2) is 4.77. The summed E-state index contributed by atoms with van der Waals surface area (Å²) in [7, 11) is 0. The minimum absolute atomic E-state index is 0.289. The highest BCUT2D eigenvalue weighted by Crippen LogP contribution is 2.29. The molecular weight excluding hydrogens is 186 g/mol. The molecule has 0 aliphatic carbocycles. The van der Waals surface area contributed by atoms with Crippen LogP contribution in [-0.4, -0.2) is 29.6 Å². The first kappa shape index (κ1) is 10.7. The number of likely N-dealkylation sites (tertiary alicyclic amines) is 1. The van der Waals surface area contributed by atoms with Crippen molar-refractivity contribution in [2.75, 3.05) is 19.6 Å². The van der Waals surface area contributed by atoms with Crippen LogP contribution in [0.2, 0.25) is 0 Å². The van der Waals surface area contributed by atoms with E-state index in [0.29, 0.717) is 5.92 Å². The van der Waals surface area contributed by atoms with Gasteiger partial charge in [0.15, 0.2) is 0 Å². The van der Waals surface area contributed by atoms with Crippen LogP contribution in [0.4, 0.5) is 0 Å². The van der Waals surface area contributed by atoms with E-state index in [-0.39, 0.29) is 6.10 Å². The van der Waals surface area contributed by atoms with E-state index in [0.717, 1.165) is 31.6 Å². The van der Waals surface area contributed by atoms with Crippen LogP contribution in [0.5, 0.6) is 0 Å². The number of benzene rings is 1.